The van der Waals surface area contributed by atoms with Gasteiger partial charge in [-0.1, -0.05) is 37.7 Å². The Bertz CT molecular complexity index is 1000. The molecule has 0 aliphatic rings. The molecule has 0 aliphatic heterocycles. The molecule has 1 aromatic heterocycles. The fourth-order valence-electron chi connectivity index (χ4n) is 2.39. The molecule has 0 saturated heterocycles. The lowest BCUT2D eigenvalue weighted by Crippen LogP contribution is -2.17. The van der Waals surface area contributed by atoms with E-state index in [1.807, 2.05) is 44.2 Å². The van der Waals surface area contributed by atoms with Crippen LogP contribution in [-0.4, -0.2) is 29.7 Å². The fourth-order valence-corrected chi connectivity index (χ4v) is 4.30. The molecule has 0 fully saturated rings. The lowest BCUT2D eigenvalue weighted by atomic mass is 10.2. The van der Waals surface area contributed by atoms with Crippen molar-refractivity contribution in [2.24, 2.45) is 5.92 Å². The summed E-state index contributed by atoms with van der Waals surface area (Å²) in [6.07, 6.45) is 0. The number of carbonyl (C=O) groups is 2. The number of rotatable bonds is 7. The average molecular weight is 416 g/mol. The van der Waals surface area contributed by atoms with Crippen molar-refractivity contribution >= 4 is 56.5 Å². The summed E-state index contributed by atoms with van der Waals surface area (Å²) in [5.74, 6) is 0.640. The lowest BCUT2D eigenvalue weighted by Gasteiger charge is -2.09. The molecule has 0 atom stereocenters. The second-order valence-corrected chi connectivity index (χ2v) is 8.60. The Kier molecular flexibility index (Phi) is 6.53. The number of thioether (sulfide) groups is 1. The summed E-state index contributed by atoms with van der Waals surface area (Å²) in [6, 6.07) is 12.9. The van der Waals surface area contributed by atoms with E-state index >= 15 is 0 Å². The Hall–Kier alpha value is -2.58. The van der Waals surface area contributed by atoms with E-state index in [2.05, 4.69) is 15.6 Å². The summed E-state index contributed by atoms with van der Waals surface area (Å²) in [4.78, 5) is 28.6. The molecule has 0 spiro atoms. The predicted molar refractivity (Wildman–Crippen MR) is 115 cm³/mol. The number of anilines is 2. The number of amides is 2. The molecule has 0 radical (unpaired) electrons. The monoisotopic (exact) mass is 415 g/mol. The fraction of sp³-hybridized carbons (Fsp3) is 0.250. The zero-order chi connectivity index (χ0) is 20.1. The zero-order valence-electron chi connectivity index (χ0n) is 15.8. The Labute approximate surface area is 171 Å². The van der Waals surface area contributed by atoms with Crippen molar-refractivity contribution in [3.05, 3.63) is 42.5 Å². The van der Waals surface area contributed by atoms with Crippen LogP contribution in [-0.2, 0) is 9.59 Å². The summed E-state index contributed by atoms with van der Waals surface area (Å²) < 4.78 is 7.01. The Morgan fingerprint density at radius 1 is 1.18 bits per heavy atom. The maximum atomic E-state index is 12.3. The highest BCUT2D eigenvalue weighted by Gasteiger charge is 2.12. The van der Waals surface area contributed by atoms with Crippen LogP contribution >= 0.6 is 23.1 Å². The minimum absolute atomic E-state index is 0.0218. The van der Waals surface area contributed by atoms with E-state index in [1.165, 1.54) is 23.1 Å². The third-order valence-electron chi connectivity index (χ3n) is 3.87. The summed E-state index contributed by atoms with van der Waals surface area (Å²) in [7, 11) is 1.57. The predicted octanol–water partition coefficient (Wildman–Crippen LogP) is 4.63. The molecular formula is C20H21N3O3S2. The number of nitrogens with zero attached hydrogens (tertiary/aromatic N) is 1. The van der Waals surface area contributed by atoms with Crippen LogP contribution in [0.1, 0.15) is 13.8 Å². The van der Waals surface area contributed by atoms with Crippen LogP contribution in [0.5, 0.6) is 5.75 Å². The first-order valence-corrected chi connectivity index (χ1v) is 10.5. The van der Waals surface area contributed by atoms with Crippen molar-refractivity contribution in [2.75, 3.05) is 23.5 Å². The molecule has 0 aliphatic carbocycles. The number of carbonyl (C=O) groups excluding carboxylic acids is 2. The third-order valence-corrected chi connectivity index (χ3v) is 6.03. The highest BCUT2D eigenvalue weighted by Crippen LogP contribution is 2.31. The van der Waals surface area contributed by atoms with E-state index in [1.54, 1.807) is 19.2 Å². The smallest absolute Gasteiger partial charge is 0.234 e. The first-order valence-electron chi connectivity index (χ1n) is 8.73. The number of thiazole rings is 1. The molecule has 0 unspecified atom stereocenters. The number of nitrogens with one attached hydrogen (secondary N) is 2. The number of hydrogen-bond acceptors (Lipinski definition) is 6. The maximum absolute atomic E-state index is 12.3. The molecule has 28 heavy (non-hydrogen) atoms. The molecule has 8 heteroatoms. The largest absolute Gasteiger partial charge is 0.495 e. The van der Waals surface area contributed by atoms with Gasteiger partial charge in [0.25, 0.3) is 0 Å². The van der Waals surface area contributed by atoms with Gasteiger partial charge in [-0.25, -0.2) is 4.98 Å². The van der Waals surface area contributed by atoms with Gasteiger partial charge in [0, 0.05) is 11.6 Å². The maximum Gasteiger partial charge on any atom is 0.234 e. The van der Waals surface area contributed by atoms with Crippen molar-refractivity contribution in [1.82, 2.24) is 4.98 Å². The van der Waals surface area contributed by atoms with Gasteiger partial charge >= 0.3 is 0 Å². The Morgan fingerprint density at radius 3 is 2.71 bits per heavy atom. The summed E-state index contributed by atoms with van der Waals surface area (Å²) >= 11 is 2.88. The van der Waals surface area contributed by atoms with Crippen LogP contribution in [0.3, 0.4) is 0 Å². The second kappa shape index (κ2) is 9.07. The molecule has 2 aromatic carbocycles. The van der Waals surface area contributed by atoms with Crippen LogP contribution in [0.15, 0.2) is 46.8 Å². The first-order chi connectivity index (χ1) is 13.5. The zero-order valence-corrected chi connectivity index (χ0v) is 17.4. The molecule has 3 rings (SSSR count). The Balaban J connectivity index is 1.62. The normalized spacial score (nSPS) is 10.9. The number of aromatic nitrogens is 1. The van der Waals surface area contributed by atoms with Gasteiger partial charge in [-0.3, -0.25) is 9.59 Å². The van der Waals surface area contributed by atoms with Gasteiger partial charge in [-0.15, -0.1) is 11.3 Å². The quantitative estimate of drug-likeness (QED) is 0.550. The van der Waals surface area contributed by atoms with Crippen LogP contribution in [0.2, 0.25) is 0 Å². The van der Waals surface area contributed by atoms with Crippen LogP contribution in [0, 0.1) is 5.92 Å². The van der Waals surface area contributed by atoms with Gasteiger partial charge in [-0.2, -0.15) is 0 Å². The standard InChI is InChI=1S/C20H21N3O3S2/c1-12(2)19(25)21-13-8-9-15-17(10-13)28-20(23-15)27-11-18(24)22-14-6-4-5-7-16(14)26-3/h4-10,12H,11H2,1-3H3,(H,21,25)(H,22,24). The van der Waals surface area contributed by atoms with E-state index in [0.29, 0.717) is 11.4 Å². The summed E-state index contributed by atoms with van der Waals surface area (Å²) in [5.41, 5.74) is 2.24. The number of hydrogen-bond donors (Lipinski definition) is 2. The minimum Gasteiger partial charge on any atom is -0.495 e. The molecular weight excluding hydrogens is 394 g/mol. The second-order valence-electron chi connectivity index (χ2n) is 6.34. The van der Waals surface area contributed by atoms with Crippen LogP contribution in [0.4, 0.5) is 11.4 Å². The molecule has 3 aromatic rings. The van der Waals surface area contributed by atoms with Crippen molar-refractivity contribution in [1.29, 1.82) is 0 Å². The molecule has 1 heterocycles. The SMILES string of the molecule is COc1ccccc1NC(=O)CSc1nc2ccc(NC(=O)C(C)C)cc2s1. The van der Waals surface area contributed by atoms with E-state index < -0.39 is 0 Å². The lowest BCUT2D eigenvalue weighted by molar-refractivity contribution is -0.119. The van der Waals surface area contributed by atoms with Crippen molar-refractivity contribution in [3.63, 3.8) is 0 Å². The number of benzene rings is 2. The van der Waals surface area contributed by atoms with E-state index in [9.17, 15) is 9.59 Å². The van der Waals surface area contributed by atoms with Crippen LogP contribution < -0.4 is 15.4 Å². The van der Waals surface area contributed by atoms with Gasteiger partial charge in [0.1, 0.15) is 5.75 Å². The molecule has 0 bridgehead atoms. The number of fused-ring (bicyclic) bond motifs is 1. The number of methoxy groups -OCH3 is 1. The van der Waals surface area contributed by atoms with Gasteiger partial charge < -0.3 is 15.4 Å². The topological polar surface area (TPSA) is 80.3 Å². The van der Waals surface area contributed by atoms with Gasteiger partial charge in [0.2, 0.25) is 11.8 Å². The van der Waals surface area contributed by atoms with Crippen molar-refractivity contribution in [2.45, 2.75) is 18.2 Å². The van der Waals surface area contributed by atoms with Gasteiger partial charge in [-0.05, 0) is 30.3 Å². The van der Waals surface area contributed by atoms with Crippen molar-refractivity contribution in [3.8, 4) is 5.75 Å². The van der Waals surface area contributed by atoms with Gasteiger partial charge in [0.15, 0.2) is 4.34 Å². The number of para-hydroxylation sites is 2. The van der Waals surface area contributed by atoms with E-state index in [0.717, 1.165) is 20.2 Å². The van der Waals surface area contributed by atoms with E-state index in [-0.39, 0.29) is 23.5 Å². The highest BCUT2D eigenvalue weighted by atomic mass is 32.2. The van der Waals surface area contributed by atoms with E-state index in [4.69, 9.17) is 4.74 Å². The van der Waals surface area contributed by atoms with Gasteiger partial charge in [0.05, 0.1) is 28.8 Å². The third kappa shape index (κ3) is 5.02. The summed E-state index contributed by atoms with van der Waals surface area (Å²) in [5, 5.41) is 5.74. The molecule has 146 valence electrons. The van der Waals surface area contributed by atoms with Crippen molar-refractivity contribution < 1.29 is 14.3 Å². The average Bonchev–Trinajstić information content (AvgIpc) is 3.09. The first kappa shape index (κ1) is 20.2. The Morgan fingerprint density at radius 2 is 1.96 bits per heavy atom. The minimum atomic E-state index is -0.126. The number of ether oxygens (including phenoxy) is 1. The summed E-state index contributed by atoms with van der Waals surface area (Å²) in [6.45, 7) is 3.71. The molecule has 0 saturated carbocycles. The molecule has 2 N–H and O–H groups in total. The molecule has 2 amide bonds. The van der Waals surface area contributed by atoms with Crippen LogP contribution in [0.25, 0.3) is 10.2 Å². The highest BCUT2D eigenvalue weighted by molar-refractivity contribution is 8.01. The molecule has 6 nitrogen and oxygen atoms in total.